The van der Waals surface area contributed by atoms with Gasteiger partial charge in [-0.15, -0.1) is 0 Å². The van der Waals surface area contributed by atoms with Gasteiger partial charge in [-0.05, 0) is 86.8 Å². The number of aliphatic hydroxyl groups excluding tert-OH is 1. The minimum absolute atomic E-state index is 0.250. The van der Waals surface area contributed by atoms with Gasteiger partial charge in [0.15, 0.2) is 0 Å². The van der Waals surface area contributed by atoms with Crippen LogP contribution in [0.5, 0.6) is 5.75 Å². The van der Waals surface area contributed by atoms with Crippen LogP contribution in [0.1, 0.15) is 90.5 Å². The molecule has 2 fully saturated rings. The fourth-order valence-corrected chi connectivity index (χ4v) is 4.56. The third-order valence-electron chi connectivity index (χ3n) is 6.09. The highest BCUT2D eigenvalue weighted by atomic mass is 16.5. The zero-order chi connectivity index (χ0) is 19.4. The van der Waals surface area contributed by atoms with Gasteiger partial charge in [-0.3, -0.25) is 0 Å². The smallest absolute Gasteiger partial charge is 0.118 e. The van der Waals surface area contributed by atoms with Crippen molar-refractivity contribution in [2.75, 3.05) is 13.7 Å². The molecule has 0 bridgehead atoms. The molecule has 150 valence electrons. The summed E-state index contributed by atoms with van der Waals surface area (Å²) in [5.74, 6) is 4.81. The lowest BCUT2D eigenvalue weighted by atomic mass is 9.68. The minimum Gasteiger partial charge on any atom is -0.497 e. The van der Waals surface area contributed by atoms with Crippen LogP contribution in [0, 0.1) is 17.8 Å². The van der Waals surface area contributed by atoms with Gasteiger partial charge in [0.05, 0.1) is 7.11 Å². The molecule has 2 heteroatoms. The summed E-state index contributed by atoms with van der Waals surface area (Å²) in [6.45, 7) is 8.36. The second kappa shape index (κ2) is 13.2. The maximum absolute atomic E-state index is 7.57. The zero-order valence-electron chi connectivity index (χ0n) is 17.8. The topological polar surface area (TPSA) is 29.5 Å². The summed E-state index contributed by atoms with van der Waals surface area (Å²) in [7, 11) is 1.74. The Kier molecular flexibility index (Phi) is 11.7. The molecule has 0 saturated heterocycles. The van der Waals surface area contributed by atoms with E-state index >= 15 is 0 Å². The molecule has 1 aromatic carbocycles. The van der Waals surface area contributed by atoms with E-state index in [1.165, 1.54) is 56.9 Å². The Hall–Kier alpha value is -1.02. The molecule has 2 aliphatic carbocycles. The Morgan fingerprint density at radius 3 is 1.69 bits per heavy atom. The Balaban J connectivity index is 0.000000615. The average molecular weight is 363 g/mol. The number of methoxy groups -OCH3 is 1. The molecule has 0 aliphatic heterocycles. The number of aliphatic hydroxyl groups is 1. The Morgan fingerprint density at radius 1 is 0.846 bits per heavy atom. The van der Waals surface area contributed by atoms with Crippen LogP contribution in [-0.4, -0.2) is 18.8 Å². The van der Waals surface area contributed by atoms with E-state index in [-0.39, 0.29) is 6.61 Å². The highest BCUT2D eigenvalue weighted by molar-refractivity contribution is 5.29. The molecular weight excluding hydrogens is 320 g/mol. The van der Waals surface area contributed by atoms with Crippen LogP contribution in [0.2, 0.25) is 0 Å². The van der Waals surface area contributed by atoms with E-state index in [0.717, 1.165) is 29.4 Å². The van der Waals surface area contributed by atoms with E-state index in [0.29, 0.717) is 0 Å². The second-order valence-corrected chi connectivity index (χ2v) is 7.72. The van der Waals surface area contributed by atoms with E-state index in [9.17, 15) is 0 Å². The van der Waals surface area contributed by atoms with Crippen LogP contribution in [0.25, 0.3) is 0 Å². The Morgan fingerprint density at radius 2 is 1.27 bits per heavy atom. The zero-order valence-corrected chi connectivity index (χ0v) is 17.8. The molecule has 0 radical (unpaired) electrons. The molecule has 2 saturated carbocycles. The summed E-state index contributed by atoms with van der Waals surface area (Å²) in [5, 5.41) is 7.57. The number of ether oxygens (including phenoxy) is 1. The van der Waals surface area contributed by atoms with Crippen molar-refractivity contribution in [2.24, 2.45) is 17.8 Å². The van der Waals surface area contributed by atoms with Gasteiger partial charge in [-0.2, -0.15) is 0 Å². The van der Waals surface area contributed by atoms with Crippen LogP contribution in [0.4, 0.5) is 0 Å². The molecule has 3 rings (SSSR count). The lowest BCUT2D eigenvalue weighted by molar-refractivity contribution is 0.165. The first-order chi connectivity index (χ1) is 12.7. The van der Waals surface area contributed by atoms with Crippen LogP contribution in [0.3, 0.4) is 0 Å². The molecule has 0 atom stereocenters. The van der Waals surface area contributed by atoms with Crippen LogP contribution in [0.15, 0.2) is 24.3 Å². The summed E-state index contributed by atoms with van der Waals surface area (Å²) in [4.78, 5) is 0. The number of hydrogen-bond donors (Lipinski definition) is 1. The van der Waals surface area contributed by atoms with Gasteiger partial charge in [-0.1, -0.05) is 45.7 Å². The van der Waals surface area contributed by atoms with Crippen LogP contribution < -0.4 is 4.74 Å². The predicted molar refractivity (Wildman–Crippen MR) is 113 cm³/mol. The number of hydrogen-bond acceptors (Lipinski definition) is 2. The first-order valence-electron chi connectivity index (χ1n) is 10.9. The Bertz CT molecular complexity index is 438. The quantitative estimate of drug-likeness (QED) is 0.639. The van der Waals surface area contributed by atoms with Crippen molar-refractivity contribution < 1.29 is 9.84 Å². The van der Waals surface area contributed by atoms with Crippen LogP contribution in [-0.2, 0) is 0 Å². The molecule has 2 aliphatic rings. The fraction of sp³-hybridized carbons (Fsp3) is 0.750. The molecule has 1 aromatic rings. The normalized spacial score (nSPS) is 28.1. The summed E-state index contributed by atoms with van der Waals surface area (Å²) >= 11 is 0. The predicted octanol–water partition coefficient (Wildman–Crippen LogP) is 6.82. The van der Waals surface area contributed by atoms with E-state index in [4.69, 9.17) is 9.84 Å². The molecular formula is C24H42O2. The standard InChI is InChI=1S/C20H30O.C2H6O.C2H6/c1-15-3-5-16(6-4-15)17-7-9-18(10-8-17)19-11-13-20(21-2)14-12-19;1-2-3;1-2/h11-18H,3-10H2,1-2H3;3H,2H2,1H3;1-2H3. The van der Waals surface area contributed by atoms with E-state index in [1.54, 1.807) is 14.0 Å². The van der Waals surface area contributed by atoms with Gasteiger partial charge in [0, 0.05) is 6.61 Å². The van der Waals surface area contributed by atoms with Gasteiger partial charge >= 0.3 is 0 Å². The van der Waals surface area contributed by atoms with E-state index in [1.807, 2.05) is 13.8 Å². The van der Waals surface area contributed by atoms with Crippen molar-refractivity contribution in [1.82, 2.24) is 0 Å². The van der Waals surface area contributed by atoms with Crippen molar-refractivity contribution >= 4 is 0 Å². The van der Waals surface area contributed by atoms with Gasteiger partial charge in [-0.25, -0.2) is 0 Å². The van der Waals surface area contributed by atoms with Crippen molar-refractivity contribution in [3.8, 4) is 5.75 Å². The fourth-order valence-electron chi connectivity index (χ4n) is 4.56. The van der Waals surface area contributed by atoms with Gasteiger partial charge in [0.2, 0.25) is 0 Å². The monoisotopic (exact) mass is 362 g/mol. The maximum atomic E-state index is 7.57. The summed E-state index contributed by atoms with van der Waals surface area (Å²) in [5.41, 5.74) is 1.52. The number of rotatable bonds is 3. The molecule has 2 nitrogen and oxygen atoms in total. The average Bonchev–Trinajstić information content (AvgIpc) is 2.71. The van der Waals surface area contributed by atoms with E-state index < -0.39 is 0 Å². The second-order valence-electron chi connectivity index (χ2n) is 7.72. The first kappa shape index (κ1) is 23.0. The highest BCUT2D eigenvalue weighted by Gasteiger charge is 2.30. The minimum atomic E-state index is 0.250. The first-order valence-corrected chi connectivity index (χ1v) is 10.9. The number of benzene rings is 1. The van der Waals surface area contributed by atoms with Crippen molar-refractivity contribution in [3.05, 3.63) is 29.8 Å². The van der Waals surface area contributed by atoms with Gasteiger partial charge in [0.1, 0.15) is 5.75 Å². The van der Waals surface area contributed by atoms with Crippen molar-refractivity contribution in [1.29, 1.82) is 0 Å². The van der Waals surface area contributed by atoms with Gasteiger partial charge in [0.25, 0.3) is 0 Å². The maximum Gasteiger partial charge on any atom is 0.118 e. The molecule has 26 heavy (non-hydrogen) atoms. The lowest BCUT2D eigenvalue weighted by Crippen LogP contribution is -2.24. The molecule has 0 unspecified atom stereocenters. The lowest BCUT2D eigenvalue weighted by Gasteiger charge is -2.37. The summed E-state index contributed by atoms with van der Waals surface area (Å²) in [6, 6.07) is 8.77. The molecule has 1 N–H and O–H groups in total. The molecule has 0 heterocycles. The molecule has 0 amide bonds. The van der Waals surface area contributed by atoms with Crippen molar-refractivity contribution in [2.45, 2.75) is 85.0 Å². The Labute approximate surface area is 162 Å². The molecule has 0 spiro atoms. The molecule has 0 aromatic heterocycles. The third-order valence-corrected chi connectivity index (χ3v) is 6.09. The van der Waals surface area contributed by atoms with Crippen LogP contribution >= 0.6 is 0 Å². The third kappa shape index (κ3) is 7.31. The van der Waals surface area contributed by atoms with Gasteiger partial charge < -0.3 is 9.84 Å². The largest absolute Gasteiger partial charge is 0.497 e. The van der Waals surface area contributed by atoms with E-state index in [2.05, 4.69) is 31.2 Å². The SMILES string of the molecule is CC.CCO.COc1ccc(C2CCC(C3CCC(C)CC3)CC2)cc1. The summed E-state index contributed by atoms with van der Waals surface area (Å²) < 4.78 is 5.26. The highest BCUT2D eigenvalue weighted by Crippen LogP contribution is 2.43. The summed E-state index contributed by atoms with van der Waals surface area (Å²) in [6.07, 6.45) is 11.6. The van der Waals surface area contributed by atoms with Crippen molar-refractivity contribution in [3.63, 3.8) is 0 Å².